The molecule has 1 heterocycles. The third kappa shape index (κ3) is 2.72. The van der Waals surface area contributed by atoms with Gasteiger partial charge in [0.05, 0.1) is 20.3 Å². The minimum Gasteiger partial charge on any atom is -0.497 e. The van der Waals surface area contributed by atoms with E-state index in [1.165, 1.54) is 0 Å². The Bertz CT molecular complexity index is 490. The largest absolute Gasteiger partial charge is 0.497 e. The lowest BCUT2D eigenvalue weighted by Gasteiger charge is -2.30. The number of hydrogen-bond donors (Lipinski definition) is 1. The molecule has 2 atom stereocenters. The van der Waals surface area contributed by atoms with Crippen molar-refractivity contribution in [2.45, 2.75) is 31.8 Å². The van der Waals surface area contributed by atoms with E-state index in [1.54, 1.807) is 14.2 Å². The van der Waals surface area contributed by atoms with Gasteiger partial charge < -0.3 is 15.2 Å². The van der Waals surface area contributed by atoms with E-state index in [4.69, 9.17) is 15.2 Å². The van der Waals surface area contributed by atoms with Gasteiger partial charge in [0.15, 0.2) is 0 Å². The minimum atomic E-state index is -0.293. The smallest absolute Gasteiger partial charge is 0.234 e. The number of rotatable bonds is 5. The van der Waals surface area contributed by atoms with Crippen molar-refractivity contribution in [3.63, 3.8) is 0 Å². The van der Waals surface area contributed by atoms with Crippen LogP contribution in [-0.2, 0) is 4.79 Å². The highest BCUT2D eigenvalue weighted by Crippen LogP contribution is 2.39. The van der Waals surface area contributed by atoms with Crippen LogP contribution in [0.3, 0.4) is 0 Å². The fourth-order valence-electron chi connectivity index (χ4n) is 2.85. The maximum absolute atomic E-state index is 11.5. The van der Waals surface area contributed by atoms with Crippen LogP contribution in [-0.4, -0.2) is 37.6 Å². The summed E-state index contributed by atoms with van der Waals surface area (Å²) in [7, 11) is 3.30. The van der Waals surface area contributed by atoms with Crippen LogP contribution < -0.4 is 15.2 Å². The molecule has 1 aromatic carbocycles. The molecule has 1 aromatic rings. The first-order valence-corrected chi connectivity index (χ1v) is 6.85. The number of amides is 1. The molecule has 5 heteroatoms. The molecule has 20 heavy (non-hydrogen) atoms. The molecule has 1 aliphatic rings. The number of ether oxygens (including phenoxy) is 2. The van der Waals surface area contributed by atoms with Crippen LogP contribution in [0.1, 0.15) is 31.4 Å². The average molecular weight is 278 g/mol. The molecule has 0 radical (unpaired) electrons. The van der Waals surface area contributed by atoms with Crippen LogP contribution in [0, 0.1) is 0 Å². The van der Waals surface area contributed by atoms with Crippen LogP contribution >= 0.6 is 0 Å². The van der Waals surface area contributed by atoms with Gasteiger partial charge in [-0.05, 0) is 44.5 Å². The Kier molecular flexibility index (Phi) is 4.49. The predicted molar refractivity (Wildman–Crippen MR) is 76.9 cm³/mol. The quantitative estimate of drug-likeness (QED) is 0.890. The highest BCUT2D eigenvalue weighted by molar-refractivity contribution is 5.79. The van der Waals surface area contributed by atoms with E-state index in [0.717, 1.165) is 36.4 Å². The normalized spacial score (nSPS) is 20.6. The number of likely N-dealkylation sites (tertiary alicyclic amines) is 1. The molecule has 0 aromatic heterocycles. The van der Waals surface area contributed by atoms with Crippen LogP contribution in [0.25, 0.3) is 0 Å². The van der Waals surface area contributed by atoms with E-state index in [-0.39, 0.29) is 18.0 Å². The average Bonchev–Trinajstić information content (AvgIpc) is 2.94. The van der Waals surface area contributed by atoms with E-state index < -0.39 is 0 Å². The van der Waals surface area contributed by atoms with Gasteiger partial charge in [-0.1, -0.05) is 0 Å². The van der Waals surface area contributed by atoms with E-state index in [0.29, 0.717) is 0 Å². The lowest BCUT2D eigenvalue weighted by atomic mass is 10.0. The Hall–Kier alpha value is -1.75. The maximum atomic E-state index is 11.5. The third-order valence-electron chi connectivity index (χ3n) is 4.00. The molecular formula is C15H22N2O3. The standard InChI is InChI=1S/C15H22N2O3/c1-10(15(16)18)17-8-4-5-13(17)12-9-11(19-2)6-7-14(12)20-3/h6-7,9-10,13H,4-5,8H2,1-3H3,(H2,16,18)/t10-,13-/m1/s1. The van der Waals surface area contributed by atoms with Crippen molar-refractivity contribution in [2.24, 2.45) is 5.73 Å². The maximum Gasteiger partial charge on any atom is 0.234 e. The summed E-state index contributed by atoms with van der Waals surface area (Å²) < 4.78 is 10.7. The molecule has 0 saturated carbocycles. The zero-order valence-corrected chi connectivity index (χ0v) is 12.3. The summed E-state index contributed by atoms with van der Waals surface area (Å²) in [6.45, 7) is 2.72. The molecule has 0 spiro atoms. The highest BCUT2D eigenvalue weighted by atomic mass is 16.5. The Balaban J connectivity index is 2.35. The van der Waals surface area contributed by atoms with E-state index >= 15 is 0 Å². The molecule has 110 valence electrons. The molecule has 0 unspecified atom stereocenters. The first-order chi connectivity index (χ1) is 9.58. The Morgan fingerprint density at radius 3 is 2.75 bits per heavy atom. The lowest BCUT2D eigenvalue weighted by Crippen LogP contribution is -2.42. The van der Waals surface area contributed by atoms with Crippen molar-refractivity contribution in [3.8, 4) is 11.5 Å². The Morgan fingerprint density at radius 2 is 2.15 bits per heavy atom. The second-order valence-electron chi connectivity index (χ2n) is 5.08. The van der Waals surface area contributed by atoms with Gasteiger partial charge in [-0.15, -0.1) is 0 Å². The fraction of sp³-hybridized carbons (Fsp3) is 0.533. The van der Waals surface area contributed by atoms with E-state index in [1.807, 2.05) is 25.1 Å². The van der Waals surface area contributed by atoms with Crippen molar-refractivity contribution in [1.29, 1.82) is 0 Å². The molecule has 1 saturated heterocycles. The van der Waals surface area contributed by atoms with Crippen molar-refractivity contribution in [1.82, 2.24) is 4.90 Å². The zero-order chi connectivity index (χ0) is 14.7. The van der Waals surface area contributed by atoms with E-state index in [9.17, 15) is 4.79 Å². The SMILES string of the molecule is COc1ccc(OC)c([C@H]2CCCN2[C@H](C)C(N)=O)c1. The number of methoxy groups -OCH3 is 2. The van der Waals surface area contributed by atoms with Gasteiger partial charge in [0.2, 0.25) is 5.91 Å². The zero-order valence-electron chi connectivity index (χ0n) is 12.3. The summed E-state index contributed by atoms with van der Waals surface area (Å²) in [5.41, 5.74) is 6.50. The molecular weight excluding hydrogens is 256 g/mol. The molecule has 5 nitrogen and oxygen atoms in total. The van der Waals surface area contributed by atoms with Gasteiger partial charge in [-0.25, -0.2) is 0 Å². The van der Waals surface area contributed by atoms with Crippen molar-refractivity contribution in [3.05, 3.63) is 23.8 Å². The number of benzene rings is 1. The van der Waals surface area contributed by atoms with Gasteiger partial charge in [-0.2, -0.15) is 0 Å². The summed E-state index contributed by atoms with van der Waals surface area (Å²) >= 11 is 0. The number of hydrogen-bond acceptors (Lipinski definition) is 4. The summed E-state index contributed by atoms with van der Waals surface area (Å²) in [5.74, 6) is 1.32. The molecule has 1 fully saturated rings. The van der Waals surface area contributed by atoms with Crippen LogP contribution in [0.4, 0.5) is 0 Å². The fourth-order valence-corrected chi connectivity index (χ4v) is 2.85. The van der Waals surface area contributed by atoms with Gasteiger partial charge in [0.1, 0.15) is 11.5 Å². The summed E-state index contributed by atoms with van der Waals surface area (Å²) in [5, 5.41) is 0. The number of nitrogens with two attached hydrogens (primary N) is 1. The molecule has 1 amide bonds. The monoisotopic (exact) mass is 278 g/mol. The van der Waals surface area contributed by atoms with Gasteiger partial charge in [-0.3, -0.25) is 9.69 Å². The van der Waals surface area contributed by atoms with Crippen LogP contribution in [0.2, 0.25) is 0 Å². The van der Waals surface area contributed by atoms with Crippen molar-refractivity contribution in [2.75, 3.05) is 20.8 Å². The number of carbonyl (C=O) groups excluding carboxylic acids is 1. The van der Waals surface area contributed by atoms with Crippen LogP contribution in [0.15, 0.2) is 18.2 Å². The summed E-state index contributed by atoms with van der Waals surface area (Å²) in [6, 6.07) is 5.62. The second-order valence-corrected chi connectivity index (χ2v) is 5.08. The van der Waals surface area contributed by atoms with Gasteiger partial charge in [0.25, 0.3) is 0 Å². The topological polar surface area (TPSA) is 64.8 Å². The second kappa shape index (κ2) is 6.13. The Labute approximate surface area is 119 Å². The van der Waals surface area contributed by atoms with Crippen molar-refractivity contribution >= 4 is 5.91 Å². The molecule has 0 aliphatic carbocycles. The third-order valence-corrected chi connectivity index (χ3v) is 4.00. The van der Waals surface area contributed by atoms with Crippen molar-refractivity contribution < 1.29 is 14.3 Å². The first-order valence-electron chi connectivity index (χ1n) is 6.85. The van der Waals surface area contributed by atoms with E-state index in [2.05, 4.69) is 4.90 Å². The van der Waals surface area contributed by atoms with Gasteiger partial charge >= 0.3 is 0 Å². The minimum absolute atomic E-state index is 0.141. The van der Waals surface area contributed by atoms with Gasteiger partial charge in [0, 0.05) is 11.6 Å². The lowest BCUT2D eigenvalue weighted by molar-refractivity contribution is -0.123. The number of primary amides is 1. The molecule has 0 bridgehead atoms. The molecule has 2 rings (SSSR count). The van der Waals surface area contributed by atoms with Crippen LogP contribution in [0.5, 0.6) is 11.5 Å². The summed E-state index contributed by atoms with van der Waals surface area (Å²) in [6.07, 6.45) is 2.03. The highest BCUT2D eigenvalue weighted by Gasteiger charge is 2.33. The first kappa shape index (κ1) is 14.7. The summed E-state index contributed by atoms with van der Waals surface area (Å²) in [4.78, 5) is 13.6. The molecule has 1 aliphatic heterocycles. The number of nitrogens with zero attached hydrogens (tertiary/aromatic N) is 1. The molecule has 2 N–H and O–H groups in total. The number of carbonyl (C=O) groups is 1. The Morgan fingerprint density at radius 1 is 1.40 bits per heavy atom. The predicted octanol–water partition coefficient (Wildman–Crippen LogP) is 1.71.